The van der Waals surface area contributed by atoms with Crippen molar-refractivity contribution in [3.63, 3.8) is 0 Å². The summed E-state index contributed by atoms with van der Waals surface area (Å²) < 4.78 is 1.73. The van der Waals surface area contributed by atoms with Crippen LogP contribution in [0.4, 0.5) is 0 Å². The number of likely N-dealkylation sites (tertiary alicyclic amines) is 1. The predicted octanol–water partition coefficient (Wildman–Crippen LogP) is 1.40. The SMILES string of the molecule is Cc1cc(C2CCCN(C(=O)Cc3cnn(C)c3)C2)n[nH]1. The van der Waals surface area contributed by atoms with Gasteiger partial charge in [-0.2, -0.15) is 10.2 Å². The topological polar surface area (TPSA) is 66.8 Å². The highest BCUT2D eigenvalue weighted by atomic mass is 16.2. The van der Waals surface area contributed by atoms with Crippen LogP contribution in [0.2, 0.25) is 0 Å². The summed E-state index contributed by atoms with van der Waals surface area (Å²) in [7, 11) is 1.87. The molecule has 1 unspecified atom stereocenters. The lowest BCUT2D eigenvalue weighted by Gasteiger charge is -2.32. The summed E-state index contributed by atoms with van der Waals surface area (Å²) in [5, 5.41) is 11.4. The molecule has 0 aliphatic carbocycles. The molecule has 0 saturated carbocycles. The molecule has 1 N–H and O–H groups in total. The van der Waals surface area contributed by atoms with Gasteiger partial charge in [0.05, 0.1) is 18.3 Å². The molecule has 112 valence electrons. The van der Waals surface area contributed by atoms with E-state index in [4.69, 9.17) is 0 Å². The van der Waals surface area contributed by atoms with E-state index >= 15 is 0 Å². The first-order valence-electron chi connectivity index (χ1n) is 7.39. The van der Waals surface area contributed by atoms with Gasteiger partial charge in [0.1, 0.15) is 0 Å². The molecule has 1 fully saturated rings. The van der Waals surface area contributed by atoms with E-state index in [1.54, 1.807) is 10.9 Å². The zero-order valence-electron chi connectivity index (χ0n) is 12.5. The van der Waals surface area contributed by atoms with Gasteiger partial charge in [0.15, 0.2) is 0 Å². The molecular weight excluding hydrogens is 266 g/mol. The normalized spacial score (nSPS) is 19.0. The van der Waals surface area contributed by atoms with Gasteiger partial charge >= 0.3 is 0 Å². The Kier molecular flexibility index (Phi) is 3.77. The molecule has 2 aromatic heterocycles. The molecule has 1 amide bonds. The quantitative estimate of drug-likeness (QED) is 0.928. The number of carbonyl (C=O) groups is 1. The Morgan fingerprint density at radius 1 is 1.52 bits per heavy atom. The van der Waals surface area contributed by atoms with Crippen molar-refractivity contribution in [3.8, 4) is 0 Å². The lowest BCUT2D eigenvalue weighted by atomic mass is 9.94. The highest BCUT2D eigenvalue weighted by molar-refractivity contribution is 5.78. The summed E-state index contributed by atoms with van der Waals surface area (Å²) >= 11 is 0. The monoisotopic (exact) mass is 287 g/mol. The van der Waals surface area contributed by atoms with Crippen LogP contribution < -0.4 is 0 Å². The van der Waals surface area contributed by atoms with E-state index < -0.39 is 0 Å². The third kappa shape index (κ3) is 3.15. The minimum Gasteiger partial charge on any atom is -0.342 e. The van der Waals surface area contributed by atoms with Crippen LogP contribution >= 0.6 is 0 Å². The maximum Gasteiger partial charge on any atom is 0.227 e. The molecule has 3 heterocycles. The molecule has 2 aromatic rings. The van der Waals surface area contributed by atoms with Gasteiger partial charge in [-0.1, -0.05) is 0 Å². The average molecular weight is 287 g/mol. The molecule has 0 radical (unpaired) electrons. The van der Waals surface area contributed by atoms with Crippen LogP contribution in [0.5, 0.6) is 0 Å². The number of amides is 1. The van der Waals surface area contributed by atoms with Crippen LogP contribution in [0, 0.1) is 6.92 Å². The molecule has 6 nitrogen and oxygen atoms in total. The summed E-state index contributed by atoms with van der Waals surface area (Å²) in [6.45, 7) is 3.62. The summed E-state index contributed by atoms with van der Waals surface area (Å²) in [5.74, 6) is 0.529. The van der Waals surface area contributed by atoms with Gasteiger partial charge in [0.2, 0.25) is 5.91 Å². The Bertz CT molecular complexity index is 630. The van der Waals surface area contributed by atoms with Gasteiger partial charge in [-0.05, 0) is 31.4 Å². The zero-order chi connectivity index (χ0) is 14.8. The number of carbonyl (C=O) groups excluding carboxylic acids is 1. The summed E-state index contributed by atoms with van der Waals surface area (Å²) in [4.78, 5) is 14.4. The first kappa shape index (κ1) is 13.9. The van der Waals surface area contributed by atoms with E-state index in [-0.39, 0.29) is 5.91 Å². The predicted molar refractivity (Wildman–Crippen MR) is 78.8 cm³/mol. The van der Waals surface area contributed by atoms with Crippen molar-refractivity contribution >= 4 is 5.91 Å². The standard InChI is InChI=1S/C15H21N5O/c1-11-6-14(18-17-11)13-4-3-5-20(10-13)15(21)7-12-8-16-19(2)9-12/h6,8-9,13H,3-5,7,10H2,1-2H3,(H,17,18). The van der Waals surface area contributed by atoms with E-state index in [1.807, 2.05) is 25.1 Å². The van der Waals surface area contributed by atoms with Crippen LogP contribution in [0.15, 0.2) is 18.5 Å². The first-order chi connectivity index (χ1) is 10.1. The van der Waals surface area contributed by atoms with Gasteiger partial charge in [0.25, 0.3) is 0 Å². The Labute approximate surface area is 124 Å². The van der Waals surface area contributed by atoms with Gasteiger partial charge in [-0.3, -0.25) is 14.6 Å². The summed E-state index contributed by atoms with van der Waals surface area (Å²) in [6.07, 6.45) is 6.23. The first-order valence-corrected chi connectivity index (χ1v) is 7.39. The number of hydrogen-bond acceptors (Lipinski definition) is 3. The maximum absolute atomic E-state index is 12.4. The highest BCUT2D eigenvalue weighted by Gasteiger charge is 2.26. The molecule has 0 spiro atoms. The number of rotatable bonds is 3. The lowest BCUT2D eigenvalue weighted by Crippen LogP contribution is -2.40. The van der Waals surface area contributed by atoms with Gasteiger partial charge in [-0.15, -0.1) is 0 Å². The van der Waals surface area contributed by atoms with Crippen LogP contribution in [0.1, 0.15) is 35.7 Å². The molecule has 1 atom stereocenters. The Hall–Kier alpha value is -2.11. The van der Waals surface area contributed by atoms with E-state index in [2.05, 4.69) is 21.4 Å². The second kappa shape index (κ2) is 5.71. The second-order valence-electron chi connectivity index (χ2n) is 5.85. The fourth-order valence-corrected chi connectivity index (χ4v) is 2.94. The smallest absolute Gasteiger partial charge is 0.227 e. The third-order valence-electron chi connectivity index (χ3n) is 4.03. The van der Waals surface area contributed by atoms with E-state index in [0.29, 0.717) is 12.3 Å². The van der Waals surface area contributed by atoms with Gasteiger partial charge in [-0.25, -0.2) is 0 Å². The van der Waals surface area contributed by atoms with Crippen LogP contribution in [0.25, 0.3) is 0 Å². The molecule has 3 rings (SSSR count). The van der Waals surface area contributed by atoms with E-state index in [1.165, 1.54) is 0 Å². The Morgan fingerprint density at radius 3 is 3.05 bits per heavy atom. The molecule has 0 aromatic carbocycles. The second-order valence-corrected chi connectivity index (χ2v) is 5.85. The molecule has 1 aliphatic heterocycles. The van der Waals surface area contributed by atoms with E-state index in [9.17, 15) is 4.79 Å². The molecule has 1 saturated heterocycles. The Morgan fingerprint density at radius 2 is 2.38 bits per heavy atom. The van der Waals surface area contributed by atoms with Gasteiger partial charge < -0.3 is 4.90 Å². The molecule has 21 heavy (non-hydrogen) atoms. The fourth-order valence-electron chi connectivity index (χ4n) is 2.94. The number of H-pyrrole nitrogens is 1. The van der Waals surface area contributed by atoms with Crippen molar-refractivity contribution in [2.45, 2.75) is 32.1 Å². The number of nitrogens with zero attached hydrogens (tertiary/aromatic N) is 4. The lowest BCUT2D eigenvalue weighted by molar-refractivity contribution is -0.131. The Balaban J connectivity index is 1.64. The van der Waals surface area contributed by atoms with Crippen LogP contribution in [-0.2, 0) is 18.3 Å². The summed E-state index contributed by atoms with van der Waals surface area (Å²) in [5.41, 5.74) is 3.12. The van der Waals surface area contributed by atoms with Crippen LogP contribution in [-0.4, -0.2) is 43.9 Å². The number of aromatic amines is 1. The van der Waals surface area contributed by atoms with Crippen molar-refractivity contribution in [1.82, 2.24) is 24.9 Å². The summed E-state index contributed by atoms with van der Waals surface area (Å²) in [6, 6.07) is 2.08. The number of aryl methyl sites for hydroxylation is 2. The van der Waals surface area contributed by atoms with Crippen molar-refractivity contribution in [2.24, 2.45) is 7.05 Å². The number of nitrogens with one attached hydrogen (secondary N) is 1. The third-order valence-corrected chi connectivity index (χ3v) is 4.03. The molecule has 0 bridgehead atoms. The fraction of sp³-hybridized carbons (Fsp3) is 0.533. The maximum atomic E-state index is 12.4. The van der Waals surface area contributed by atoms with Crippen molar-refractivity contribution in [2.75, 3.05) is 13.1 Å². The highest BCUT2D eigenvalue weighted by Crippen LogP contribution is 2.26. The zero-order valence-corrected chi connectivity index (χ0v) is 12.5. The number of piperidine rings is 1. The molecular formula is C15H21N5O. The van der Waals surface area contributed by atoms with E-state index in [0.717, 1.165) is 42.9 Å². The van der Waals surface area contributed by atoms with Crippen LogP contribution in [0.3, 0.4) is 0 Å². The number of aromatic nitrogens is 4. The van der Waals surface area contributed by atoms with Crippen molar-refractivity contribution in [1.29, 1.82) is 0 Å². The van der Waals surface area contributed by atoms with Gasteiger partial charge in [0, 0.05) is 37.9 Å². The van der Waals surface area contributed by atoms with Crippen molar-refractivity contribution in [3.05, 3.63) is 35.4 Å². The average Bonchev–Trinajstić information content (AvgIpc) is 3.08. The molecule has 6 heteroatoms. The largest absolute Gasteiger partial charge is 0.342 e. The minimum absolute atomic E-state index is 0.181. The number of hydrogen-bond donors (Lipinski definition) is 1. The molecule has 1 aliphatic rings. The minimum atomic E-state index is 0.181. The van der Waals surface area contributed by atoms with Crippen molar-refractivity contribution < 1.29 is 4.79 Å².